The molecule has 1 saturated carbocycles. The first kappa shape index (κ1) is 16.3. The van der Waals surface area contributed by atoms with Crippen LogP contribution in [0.15, 0.2) is 12.4 Å². The molecule has 2 aromatic heterocycles. The molecule has 2 aromatic rings. The number of carbonyl (C=O) groups excluding carboxylic acids is 2. The Labute approximate surface area is 156 Å². The van der Waals surface area contributed by atoms with Gasteiger partial charge in [-0.1, -0.05) is 0 Å². The van der Waals surface area contributed by atoms with E-state index in [0.29, 0.717) is 37.4 Å². The number of nitrogens with two attached hydrogens (primary N) is 1. The molecule has 2 aliphatic heterocycles. The zero-order valence-corrected chi connectivity index (χ0v) is 15.1. The Bertz CT molecular complexity index is 889. The summed E-state index contributed by atoms with van der Waals surface area (Å²) in [5, 5.41) is 6.53. The lowest BCUT2D eigenvalue weighted by molar-refractivity contribution is -0.143. The molecule has 0 aromatic carbocycles. The maximum Gasteiger partial charge on any atom is 0.271 e. The number of H-pyrrole nitrogens is 2. The van der Waals surface area contributed by atoms with Gasteiger partial charge in [0, 0.05) is 43.7 Å². The number of piperidine rings is 1. The van der Waals surface area contributed by atoms with E-state index < -0.39 is 5.54 Å². The molecule has 27 heavy (non-hydrogen) atoms. The molecule has 3 aliphatic rings. The van der Waals surface area contributed by atoms with Gasteiger partial charge in [0.15, 0.2) is 0 Å². The van der Waals surface area contributed by atoms with E-state index in [4.69, 9.17) is 5.73 Å². The molecule has 4 N–H and O–H groups in total. The molecule has 1 aliphatic carbocycles. The maximum atomic E-state index is 13.0. The smallest absolute Gasteiger partial charge is 0.271 e. The minimum absolute atomic E-state index is 0.104. The van der Waals surface area contributed by atoms with Gasteiger partial charge in [-0.15, -0.1) is 0 Å². The Hall–Kier alpha value is -2.84. The van der Waals surface area contributed by atoms with Crippen LogP contribution in [-0.2, 0) is 16.8 Å². The quantitative estimate of drug-likeness (QED) is 0.717. The van der Waals surface area contributed by atoms with Gasteiger partial charge in [-0.2, -0.15) is 5.10 Å². The highest BCUT2D eigenvalue weighted by molar-refractivity contribution is 5.93. The third kappa shape index (κ3) is 2.52. The number of aromatic nitrogens is 4. The fourth-order valence-corrected chi connectivity index (χ4v) is 4.55. The summed E-state index contributed by atoms with van der Waals surface area (Å²) < 4.78 is 0. The summed E-state index contributed by atoms with van der Waals surface area (Å²) in [6.45, 7) is 1.85. The summed E-state index contributed by atoms with van der Waals surface area (Å²) in [4.78, 5) is 37.4. The Balaban J connectivity index is 1.41. The topological polar surface area (TPSA) is 124 Å². The third-order valence-corrected chi connectivity index (χ3v) is 6.16. The summed E-state index contributed by atoms with van der Waals surface area (Å²) in [6.07, 6.45) is 5.90. The molecule has 2 amide bonds. The van der Waals surface area contributed by atoms with Crippen LogP contribution in [0.1, 0.15) is 47.6 Å². The lowest BCUT2D eigenvalue weighted by atomic mass is 9.78. The third-order valence-electron chi connectivity index (χ3n) is 6.16. The standard InChI is InChI=1S/C18H23N7O2/c19-14-9-13(22-23-14)17(27)24-7-4-18(5-8-24)15-12(20-10-21-15)3-6-25(18)16(26)11-1-2-11/h9-11H,1-8H2,(H,20,21)(H3,19,22,23). The Kier molecular flexibility index (Phi) is 3.53. The summed E-state index contributed by atoms with van der Waals surface area (Å²) in [7, 11) is 0. The van der Waals surface area contributed by atoms with Crippen molar-refractivity contribution in [2.24, 2.45) is 5.92 Å². The highest BCUT2D eigenvalue weighted by Crippen LogP contribution is 2.45. The zero-order chi connectivity index (χ0) is 18.6. The number of nitrogens with one attached hydrogen (secondary N) is 2. The van der Waals surface area contributed by atoms with Gasteiger partial charge in [-0.05, 0) is 25.7 Å². The summed E-state index contributed by atoms with van der Waals surface area (Å²) in [5.74, 6) is 0.633. The van der Waals surface area contributed by atoms with E-state index in [1.165, 1.54) is 0 Å². The van der Waals surface area contributed by atoms with Gasteiger partial charge in [0.2, 0.25) is 5.91 Å². The highest BCUT2D eigenvalue weighted by Gasteiger charge is 2.51. The highest BCUT2D eigenvalue weighted by atomic mass is 16.2. The molecule has 9 heteroatoms. The SMILES string of the molecule is Nc1cc(C(=O)N2CCC3(CC2)c2nc[nH]c2CCN3C(=O)C2CC2)[nH]n1. The summed E-state index contributed by atoms with van der Waals surface area (Å²) >= 11 is 0. The van der Waals surface area contributed by atoms with E-state index >= 15 is 0 Å². The summed E-state index contributed by atoms with van der Waals surface area (Å²) in [5.41, 5.74) is 7.72. The van der Waals surface area contributed by atoms with Crippen LogP contribution in [0, 0.1) is 5.92 Å². The molecule has 1 saturated heterocycles. The number of anilines is 1. The van der Waals surface area contributed by atoms with E-state index in [2.05, 4.69) is 25.1 Å². The second-order valence-corrected chi connectivity index (χ2v) is 7.77. The second-order valence-electron chi connectivity index (χ2n) is 7.77. The van der Waals surface area contributed by atoms with Gasteiger partial charge in [-0.25, -0.2) is 4.98 Å². The number of hydrogen-bond acceptors (Lipinski definition) is 5. The van der Waals surface area contributed by atoms with Crippen molar-refractivity contribution < 1.29 is 9.59 Å². The Morgan fingerprint density at radius 2 is 2.00 bits per heavy atom. The Morgan fingerprint density at radius 1 is 1.22 bits per heavy atom. The van der Waals surface area contributed by atoms with Crippen LogP contribution in [0.5, 0.6) is 0 Å². The Morgan fingerprint density at radius 3 is 2.67 bits per heavy atom. The van der Waals surface area contributed by atoms with Crippen molar-refractivity contribution in [3.63, 3.8) is 0 Å². The number of nitrogens with zero attached hydrogens (tertiary/aromatic N) is 4. The number of imidazole rings is 1. The van der Waals surface area contributed by atoms with Gasteiger partial charge in [-0.3, -0.25) is 14.7 Å². The predicted octanol–water partition coefficient (Wildman–Crippen LogP) is 0.641. The first-order chi connectivity index (χ1) is 13.1. The van der Waals surface area contributed by atoms with E-state index in [1.807, 2.05) is 0 Å². The molecular weight excluding hydrogens is 346 g/mol. The molecule has 2 fully saturated rings. The number of amides is 2. The minimum Gasteiger partial charge on any atom is -0.382 e. The van der Waals surface area contributed by atoms with Crippen LogP contribution in [0.2, 0.25) is 0 Å². The fourth-order valence-electron chi connectivity index (χ4n) is 4.55. The molecule has 9 nitrogen and oxygen atoms in total. The number of carbonyl (C=O) groups is 2. The molecule has 0 atom stereocenters. The lowest BCUT2D eigenvalue weighted by Crippen LogP contribution is -2.59. The van der Waals surface area contributed by atoms with Crippen molar-refractivity contribution in [1.29, 1.82) is 0 Å². The average molecular weight is 369 g/mol. The number of hydrogen-bond donors (Lipinski definition) is 3. The van der Waals surface area contributed by atoms with Crippen LogP contribution >= 0.6 is 0 Å². The molecule has 142 valence electrons. The van der Waals surface area contributed by atoms with Crippen molar-refractivity contribution in [1.82, 2.24) is 30.0 Å². The maximum absolute atomic E-state index is 13.0. The molecule has 0 unspecified atom stereocenters. The molecule has 0 bridgehead atoms. The largest absolute Gasteiger partial charge is 0.382 e. The summed E-state index contributed by atoms with van der Waals surface area (Å²) in [6, 6.07) is 1.56. The van der Waals surface area contributed by atoms with Gasteiger partial charge in [0.25, 0.3) is 5.91 Å². The first-order valence-electron chi connectivity index (χ1n) is 9.53. The second kappa shape index (κ2) is 5.83. The van der Waals surface area contributed by atoms with Crippen molar-refractivity contribution in [3.05, 3.63) is 29.5 Å². The number of nitrogen functional groups attached to an aromatic ring is 1. The lowest BCUT2D eigenvalue weighted by Gasteiger charge is -2.50. The monoisotopic (exact) mass is 369 g/mol. The van der Waals surface area contributed by atoms with E-state index in [0.717, 1.165) is 37.2 Å². The van der Waals surface area contributed by atoms with Crippen LogP contribution < -0.4 is 5.73 Å². The van der Waals surface area contributed by atoms with Crippen molar-refractivity contribution >= 4 is 17.6 Å². The van der Waals surface area contributed by atoms with Crippen molar-refractivity contribution in [2.45, 2.75) is 37.6 Å². The number of rotatable bonds is 2. The fraction of sp³-hybridized carbons (Fsp3) is 0.556. The number of fused-ring (bicyclic) bond motifs is 2. The van der Waals surface area contributed by atoms with E-state index in [9.17, 15) is 9.59 Å². The number of likely N-dealkylation sites (tertiary alicyclic amines) is 1. The zero-order valence-electron chi connectivity index (χ0n) is 15.1. The molecule has 4 heterocycles. The minimum atomic E-state index is -0.406. The average Bonchev–Trinajstić information content (AvgIpc) is 3.25. The van der Waals surface area contributed by atoms with Crippen LogP contribution in [0.4, 0.5) is 5.82 Å². The van der Waals surface area contributed by atoms with Gasteiger partial charge in [0.1, 0.15) is 11.5 Å². The van der Waals surface area contributed by atoms with E-state index in [-0.39, 0.29) is 17.7 Å². The predicted molar refractivity (Wildman–Crippen MR) is 96.5 cm³/mol. The molecule has 0 radical (unpaired) electrons. The number of aromatic amines is 2. The van der Waals surface area contributed by atoms with E-state index in [1.54, 1.807) is 17.3 Å². The first-order valence-corrected chi connectivity index (χ1v) is 9.53. The van der Waals surface area contributed by atoms with Gasteiger partial charge in [0.05, 0.1) is 17.6 Å². The van der Waals surface area contributed by atoms with Crippen LogP contribution in [0.3, 0.4) is 0 Å². The molecule has 1 spiro atoms. The van der Waals surface area contributed by atoms with Crippen LogP contribution in [0.25, 0.3) is 0 Å². The van der Waals surface area contributed by atoms with Crippen LogP contribution in [-0.4, -0.2) is 61.4 Å². The molecule has 5 rings (SSSR count). The van der Waals surface area contributed by atoms with Crippen molar-refractivity contribution in [2.75, 3.05) is 25.4 Å². The van der Waals surface area contributed by atoms with Gasteiger partial charge >= 0.3 is 0 Å². The van der Waals surface area contributed by atoms with Crippen molar-refractivity contribution in [3.8, 4) is 0 Å². The molecular formula is C18H23N7O2. The normalized spacial score (nSPS) is 21.3. The van der Waals surface area contributed by atoms with Gasteiger partial charge < -0.3 is 20.5 Å².